The largest absolute Gasteiger partial charge is 0.476 e. The quantitative estimate of drug-likeness (QED) is 0.697. The molecule has 0 fully saturated rings. The van der Waals surface area contributed by atoms with Gasteiger partial charge in [-0.2, -0.15) is 0 Å². The smallest absolute Gasteiger partial charge is 0.355 e. The van der Waals surface area contributed by atoms with Crippen molar-refractivity contribution >= 4 is 16.9 Å². The maximum absolute atomic E-state index is 13.0. The van der Waals surface area contributed by atoms with Gasteiger partial charge >= 0.3 is 5.97 Å². The van der Waals surface area contributed by atoms with Gasteiger partial charge in [0.25, 0.3) is 0 Å². The van der Waals surface area contributed by atoms with Crippen LogP contribution in [0.1, 0.15) is 10.5 Å². The summed E-state index contributed by atoms with van der Waals surface area (Å²) in [5.41, 5.74) is 0.0325. The molecule has 0 aliphatic carbocycles. The predicted molar refractivity (Wildman–Crippen MR) is 43.0 cm³/mol. The van der Waals surface area contributed by atoms with Crippen molar-refractivity contribution in [3.8, 4) is 0 Å². The van der Waals surface area contributed by atoms with Crippen LogP contribution in [0.25, 0.3) is 10.9 Å². The van der Waals surface area contributed by atoms with Crippen molar-refractivity contribution in [1.82, 2.24) is 9.97 Å². The minimum absolute atomic E-state index is 0.141. The average Bonchev–Trinajstić information content (AvgIpc) is 2.53. The number of carboxylic acids is 1. The number of halogens is 1. The van der Waals surface area contributed by atoms with Gasteiger partial charge in [0, 0.05) is 11.6 Å². The molecular formula is C8H5FN2O2. The van der Waals surface area contributed by atoms with E-state index in [9.17, 15) is 9.18 Å². The lowest BCUT2D eigenvalue weighted by molar-refractivity contribution is 0.0693. The number of aromatic amines is 1. The molecule has 0 aliphatic rings. The molecule has 0 radical (unpaired) electrons. The van der Waals surface area contributed by atoms with E-state index < -0.39 is 11.8 Å². The molecule has 2 heterocycles. The van der Waals surface area contributed by atoms with E-state index in [1.165, 1.54) is 12.3 Å². The maximum Gasteiger partial charge on any atom is 0.355 e. The summed E-state index contributed by atoms with van der Waals surface area (Å²) in [6.07, 6.45) is 2.37. The molecule has 0 aliphatic heterocycles. The van der Waals surface area contributed by atoms with Gasteiger partial charge in [0.15, 0.2) is 11.5 Å². The second-order valence-corrected chi connectivity index (χ2v) is 2.53. The van der Waals surface area contributed by atoms with Crippen LogP contribution in [0.4, 0.5) is 4.39 Å². The highest BCUT2D eigenvalue weighted by Gasteiger charge is 2.13. The van der Waals surface area contributed by atoms with Gasteiger partial charge in [-0.3, -0.25) is 0 Å². The van der Waals surface area contributed by atoms with Gasteiger partial charge in [0.05, 0.1) is 11.7 Å². The molecule has 13 heavy (non-hydrogen) atoms. The third-order valence-corrected chi connectivity index (χ3v) is 1.75. The fraction of sp³-hybridized carbons (Fsp3) is 0. The summed E-state index contributed by atoms with van der Waals surface area (Å²) in [5.74, 6) is -1.71. The number of pyridine rings is 1. The Bertz CT molecular complexity index is 478. The molecule has 0 saturated heterocycles. The minimum Gasteiger partial charge on any atom is -0.476 e. The predicted octanol–water partition coefficient (Wildman–Crippen LogP) is 1.40. The van der Waals surface area contributed by atoms with Gasteiger partial charge in [0.1, 0.15) is 0 Å². The van der Waals surface area contributed by atoms with E-state index >= 15 is 0 Å². The number of rotatable bonds is 1. The topological polar surface area (TPSA) is 66.0 Å². The van der Waals surface area contributed by atoms with Crippen molar-refractivity contribution in [2.75, 3.05) is 0 Å². The third-order valence-electron chi connectivity index (χ3n) is 1.75. The number of nitrogens with one attached hydrogen (secondary N) is 1. The van der Waals surface area contributed by atoms with E-state index in [1.807, 2.05) is 0 Å². The van der Waals surface area contributed by atoms with E-state index in [0.29, 0.717) is 0 Å². The average molecular weight is 180 g/mol. The number of hydrogen-bond acceptors (Lipinski definition) is 2. The summed E-state index contributed by atoms with van der Waals surface area (Å²) >= 11 is 0. The minimum atomic E-state index is -1.16. The van der Waals surface area contributed by atoms with Crippen molar-refractivity contribution in [2.24, 2.45) is 0 Å². The Hall–Kier alpha value is -1.91. The Balaban J connectivity index is 2.86. The molecule has 0 spiro atoms. The Labute approximate surface area is 72.0 Å². The summed E-state index contributed by atoms with van der Waals surface area (Å²) in [6.45, 7) is 0. The second kappa shape index (κ2) is 2.55. The van der Waals surface area contributed by atoms with Gasteiger partial charge in [-0.05, 0) is 6.07 Å². The van der Waals surface area contributed by atoms with Crippen LogP contribution < -0.4 is 0 Å². The zero-order valence-corrected chi connectivity index (χ0v) is 6.41. The van der Waals surface area contributed by atoms with Gasteiger partial charge < -0.3 is 10.1 Å². The van der Waals surface area contributed by atoms with Crippen LogP contribution in [-0.4, -0.2) is 21.0 Å². The van der Waals surface area contributed by atoms with E-state index in [-0.39, 0.29) is 16.6 Å². The Morgan fingerprint density at radius 3 is 3.08 bits per heavy atom. The highest BCUT2D eigenvalue weighted by molar-refractivity contribution is 6.00. The molecule has 2 aromatic heterocycles. The Morgan fingerprint density at radius 1 is 1.62 bits per heavy atom. The van der Waals surface area contributed by atoms with Crippen LogP contribution in [0.15, 0.2) is 18.5 Å². The van der Waals surface area contributed by atoms with Crippen molar-refractivity contribution < 1.29 is 14.3 Å². The Kier molecular flexibility index (Phi) is 1.51. The van der Waals surface area contributed by atoms with Gasteiger partial charge in [-0.1, -0.05) is 0 Å². The fourth-order valence-corrected chi connectivity index (χ4v) is 1.19. The standard InChI is InChI=1S/C8H5FN2O2/c9-5-3-11-7(8(12)13)4-1-2-10-6(4)5/h1-3,10H,(H,12,13). The lowest BCUT2D eigenvalue weighted by Gasteiger charge is -1.96. The number of hydrogen-bond donors (Lipinski definition) is 2. The molecule has 0 aromatic carbocycles. The highest BCUT2D eigenvalue weighted by atomic mass is 19.1. The van der Waals surface area contributed by atoms with Gasteiger partial charge in [-0.25, -0.2) is 14.2 Å². The number of aromatic nitrogens is 2. The third kappa shape index (κ3) is 1.05. The highest BCUT2D eigenvalue weighted by Crippen LogP contribution is 2.17. The molecule has 2 N–H and O–H groups in total. The lowest BCUT2D eigenvalue weighted by atomic mass is 10.2. The van der Waals surface area contributed by atoms with Crippen molar-refractivity contribution in [3.05, 3.63) is 30.0 Å². The second-order valence-electron chi connectivity index (χ2n) is 2.53. The first-order chi connectivity index (χ1) is 6.20. The van der Waals surface area contributed by atoms with Crippen LogP contribution in [0, 0.1) is 5.82 Å². The van der Waals surface area contributed by atoms with Crippen LogP contribution in [0.3, 0.4) is 0 Å². The SMILES string of the molecule is O=C(O)c1ncc(F)c2[nH]ccc12. The molecule has 4 nitrogen and oxygen atoms in total. The Morgan fingerprint density at radius 2 is 2.38 bits per heavy atom. The summed E-state index contributed by atoms with van der Waals surface area (Å²) in [6, 6.07) is 1.48. The molecule has 0 bridgehead atoms. The van der Waals surface area contributed by atoms with Crippen LogP contribution in [0.2, 0.25) is 0 Å². The lowest BCUT2D eigenvalue weighted by Crippen LogP contribution is -2.01. The first-order valence-corrected chi connectivity index (χ1v) is 3.55. The van der Waals surface area contributed by atoms with Gasteiger partial charge in [0.2, 0.25) is 0 Å². The normalized spacial score (nSPS) is 10.5. The van der Waals surface area contributed by atoms with Gasteiger partial charge in [-0.15, -0.1) is 0 Å². The molecule has 5 heteroatoms. The van der Waals surface area contributed by atoms with Crippen molar-refractivity contribution in [1.29, 1.82) is 0 Å². The van der Waals surface area contributed by atoms with Crippen molar-refractivity contribution in [3.63, 3.8) is 0 Å². The van der Waals surface area contributed by atoms with E-state index in [2.05, 4.69) is 9.97 Å². The van der Waals surface area contributed by atoms with Crippen LogP contribution >= 0.6 is 0 Å². The zero-order valence-electron chi connectivity index (χ0n) is 6.41. The van der Waals surface area contributed by atoms with E-state index in [1.54, 1.807) is 0 Å². The van der Waals surface area contributed by atoms with Crippen molar-refractivity contribution in [2.45, 2.75) is 0 Å². The van der Waals surface area contributed by atoms with E-state index in [0.717, 1.165) is 6.20 Å². The van der Waals surface area contributed by atoms with Crippen LogP contribution in [0.5, 0.6) is 0 Å². The number of H-pyrrole nitrogens is 1. The summed E-state index contributed by atoms with van der Waals surface area (Å²) < 4.78 is 13.0. The number of carbonyl (C=O) groups is 1. The fourth-order valence-electron chi connectivity index (χ4n) is 1.19. The zero-order chi connectivity index (χ0) is 9.42. The van der Waals surface area contributed by atoms with Crippen LogP contribution in [-0.2, 0) is 0 Å². The van der Waals surface area contributed by atoms with E-state index in [4.69, 9.17) is 5.11 Å². The number of aromatic carboxylic acids is 1. The number of fused-ring (bicyclic) bond motifs is 1. The first kappa shape index (κ1) is 7.72. The summed E-state index contributed by atoms with van der Waals surface area (Å²) in [4.78, 5) is 16.7. The first-order valence-electron chi connectivity index (χ1n) is 3.55. The summed E-state index contributed by atoms with van der Waals surface area (Å²) in [7, 11) is 0. The number of carboxylic acid groups (broad SMARTS) is 1. The molecular weight excluding hydrogens is 175 g/mol. The molecule has 0 unspecified atom stereocenters. The molecule has 0 saturated carbocycles. The molecule has 2 rings (SSSR count). The number of nitrogens with zero attached hydrogens (tertiary/aromatic N) is 1. The maximum atomic E-state index is 13.0. The molecule has 0 atom stereocenters. The summed E-state index contributed by atoms with van der Waals surface area (Å²) in [5, 5.41) is 8.98. The molecule has 2 aromatic rings. The molecule has 0 amide bonds. The monoisotopic (exact) mass is 180 g/mol. The molecule has 66 valence electrons.